The molecule has 2 N–H and O–H groups in total. The number of rotatable bonds is 11. The lowest BCUT2D eigenvalue weighted by Crippen LogP contribution is -2.13. The van der Waals surface area contributed by atoms with Crippen LogP contribution in [0.5, 0.6) is 17.2 Å². The Morgan fingerprint density at radius 2 is 1.36 bits per heavy atom. The van der Waals surface area contributed by atoms with Crippen LogP contribution >= 0.6 is 0 Å². The first-order valence-electron chi connectivity index (χ1n) is 9.87. The molecule has 0 heterocycles. The predicted molar refractivity (Wildman–Crippen MR) is 117 cm³/mol. The number of hydrogen-bond donors (Lipinski definition) is 2. The Labute approximate surface area is 167 Å². The van der Waals surface area contributed by atoms with E-state index in [1.54, 1.807) is 0 Å². The van der Waals surface area contributed by atoms with Gasteiger partial charge in [-0.1, -0.05) is 37.6 Å². The predicted octanol–water partition coefficient (Wildman–Crippen LogP) is 6.18. The summed E-state index contributed by atoms with van der Waals surface area (Å²) in [5.74, 6) is 2.59. The van der Waals surface area contributed by atoms with Crippen molar-refractivity contribution in [3.05, 3.63) is 78.9 Å². The molecule has 0 aliphatic rings. The molecular weight excluding hydrogens is 348 g/mol. The normalized spacial score (nSPS) is 10.3. The minimum absolute atomic E-state index is 0.769. The van der Waals surface area contributed by atoms with Gasteiger partial charge in [-0.25, -0.2) is 0 Å². The van der Waals surface area contributed by atoms with Crippen LogP contribution in [0.25, 0.3) is 0 Å². The third-order valence-corrected chi connectivity index (χ3v) is 4.22. The highest BCUT2D eigenvalue weighted by atomic mass is 16.5. The third kappa shape index (κ3) is 6.54. The molecule has 0 bridgehead atoms. The van der Waals surface area contributed by atoms with E-state index in [1.165, 1.54) is 0 Å². The molecule has 0 aliphatic heterocycles. The maximum Gasteiger partial charge on any atom is 0.127 e. The Balaban J connectivity index is 1.40. The van der Waals surface area contributed by atoms with E-state index >= 15 is 0 Å². The number of anilines is 2. The molecular formula is C24H28N2O2. The minimum atomic E-state index is 0.769. The summed E-state index contributed by atoms with van der Waals surface area (Å²) in [6.07, 6.45) is 2.22. The van der Waals surface area contributed by atoms with Crippen LogP contribution in [0.4, 0.5) is 11.4 Å². The van der Waals surface area contributed by atoms with E-state index in [0.717, 1.165) is 61.2 Å². The fourth-order valence-corrected chi connectivity index (χ4v) is 2.71. The third-order valence-electron chi connectivity index (χ3n) is 4.22. The summed E-state index contributed by atoms with van der Waals surface area (Å²) < 4.78 is 11.6. The minimum Gasteiger partial charge on any atom is -0.494 e. The molecule has 4 heteroatoms. The quantitative estimate of drug-likeness (QED) is 0.392. The molecule has 0 saturated carbocycles. The monoisotopic (exact) mass is 376 g/mol. The number of hydrogen-bond acceptors (Lipinski definition) is 4. The second-order valence-corrected chi connectivity index (χ2v) is 6.52. The van der Waals surface area contributed by atoms with Crippen LogP contribution in [0.2, 0.25) is 0 Å². The zero-order chi connectivity index (χ0) is 19.4. The van der Waals surface area contributed by atoms with E-state index in [-0.39, 0.29) is 0 Å². The molecule has 3 aromatic rings. The SMILES string of the molecule is CCCCOc1cccc(NCCNc2ccc(Oc3ccccc3)cc2)c1. The molecule has 0 aliphatic carbocycles. The first-order valence-corrected chi connectivity index (χ1v) is 9.87. The number of para-hydroxylation sites is 1. The second-order valence-electron chi connectivity index (χ2n) is 6.52. The van der Waals surface area contributed by atoms with Crippen LogP contribution < -0.4 is 20.1 Å². The smallest absolute Gasteiger partial charge is 0.127 e. The van der Waals surface area contributed by atoms with Crippen molar-refractivity contribution in [3.63, 3.8) is 0 Å². The highest BCUT2D eigenvalue weighted by Gasteiger charge is 1.99. The van der Waals surface area contributed by atoms with Crippen molar-refractivity contribution in [1.29, 1.82) is 0 Å². The van der Waals surface area contributed by atoms with Crippen LogP contribution in [0.3, 0.4) is 0 Å². The van der Waals surface area contributed by atoms with Gasteiger partial charge in [-0.05, 0) is 55.0 Å². The van der Waals surface area contributed by atoms with Crippen LogP contribution in [-0.4, -0.2) is 19.7 Å². The highest BCUT2D eigenvalue weighted by molar-refractivity contribution is 5.49. The number of ether oxygens (including phenoxy) is 2. The molecule has 0 aromatic heterocycles. The molecule has 28 heavy (non-hydrogen) atoms. The van der Waals surface area contributed by atoms with Crippen LogP contribution in [-0.2, 0) is 0 Å². The molecule has 0 unspecified atom stereocenters. The first-order chi connectivity index (χ1) is 13.8. The average molecular weight is 377 g/mol. The van der Waals surface area contributed by atoms with Crippen molar-refractivity contribution in [3.8, 4) is 17.2 Å². The van der Waals surface area contributed by atoms with Crippen molar-refractivity contribution in [2.45, 2.75) is 19.8 Å². The Kier molecular flexibility index (Phi) is 7.62. The van der Waals surface area contributed by atoms with Crippen LogP contribution in [0.1, 0.15) is 19.8 Å². The zero-order valence-electron chi connectivity index (χ0n) is 16.4. The van der Waals surface area contributed by atoms with Crippen LogP contribution in [0, 0.1) is 0 Å². The van der Waals surface area contributed by atoms with E-state index in [0.29, 0.717) is 0 Å². The summed E-state index contributed by atoms with van der Waals surface area (Å²) in [5, 5.41) is 6.84. The fraction of sp³-hybridized carbons (Fsp3) is 0.250. The van der Waals surface area contributed by atoms with Gasteiger partial charge >= 0.3 is 0 Å². The lowest BCUT2D eigenvalue weighted by molar-refractivity contribution is 0.309. The summed E-state index contributed by atoms with van der Waals surface area (Å²) in [6, 6.07) is 25.9. The summed E-state index contributed by atoms with van der Waals surface area (Å²) in [5.41, 5.74) is 2.14. The number of benzene rings is 3. The molecule has 0 radical (unpaired) electrons. The van der Waals surface area contributed by atoms with Gasteiger partial charge in [0.15, 0.2) is 0 Å². The number of nitrogens with one attached hydrogen (secondary N) is 2. The lowest BCUT2D eigenvalue weighted by atomic mass is 10.3. The van der Waals surface area contributed by atoms with Gasteiger partial charge in [0.1, 0.15) is 17.2 Å². The Morgan fingerprint density at radius 1 is 0.679 bits per heavy atom. The highest BCUT2D eigenvalue weighted by Crippen LogP contribution is 2.22. The van der Waals surface area contributed by atoms with Gasteiger partial charge in [0.2, 0.25) is 0 Å². The van der Waals surface area contributed by atoms with Gasteiger partial charge in [-0.3, -0.25) is 0 Å². The second kappa shape index (κ2) is 10.9. The molecule has 0 fully saturated rings. The zero-order valence-corrected chi connectivity index (χ0v) is 16.4. The molecule has 0 amide bonds. The van der Waals surface area contributed by atoms with Gasteiger partial charge < -0.3 is 20.1 Å². The maximum atomic E-state index is 5.81. The Bertz CT molecular complexity index is 820. The van der Waals surface area contributed by atoms with E-state index in [9.17, 15) is 0 Å². The molecule has 4 nitrogen and oxygen atoms in total. The van der Waals surface area contributed by atoms with Gasteiger partial charge in [-0.15, -0.1) is 0 Å². The Hall–Kier alpha value is -3.14. The van der Waals surface area contributed by atoms with Gasteiger partial charge in [-0.2, -0.15) is 0 Å². The van der Waals surface area contributed by atoms with E-state index in [1.807, 2.05) is 72.8 Å². The fourth-order valence-electron chi connectivity index (χ4n) is 2.71. The largest absolute Gasteiger partial charge is 0.494 e. The van der Waals surface area contributed by atoms with E-state index in [4.69, 9.17) is 9.47 Å². The lowest BCUT2D eigenvalue weighted by Gasteiger charge is -2.11. The van der Waals surface area contributed by atoms with Crippen molar-refractivity contribution in [1.82, 2.24) is 0 Å². The molecule has 0 saturated heterocycles. The molecule has 3 rings (SSSR count). The number of unbranched alkanes of at least 4 members (excludes halogenated alkanes) is 1. The Morgan fingerprint density at radius 3 is 2.11 bits per heavy atom. The first kappa shape index (κ1) is 19.6. The van der Waals surface area contributed by atoms with Crippen molar-refractivity contribution >= 4 is 11.4 Å². The maximum absolute atomic E-state index is 5.81. The summed E-state index contributed by atoms with van der Waals surface area (Å²) in [7, 11) is 0. The molecule has 0 atom stereocenters. The topological polar surface area (TPSA) is 42.5 Å². The van der Waals surface area contributed by atoms with Gasteiger partial charge in [0, 0.05) is 30.5 Å². The van der Waals surface area contributed by atoms with Gasteiger partial charge in [0.05, 0.1) is 6.61 Å². The summed E-state index contributed by atoms with van der Waals surface area (Å²) in [6.45, 7) is 4.57. The summed E-state index contributed by atoms with van der Waals surface area (Å²) in [4.78, 5) is 0. The summed E-state index contributed by atoms with van der Waals surface area (Å²) >= 11 is 0. The standard InChI is InChI=1S/C24H28N2O2/c1-2-3-18-27-24-11-7-8-21(19-24)26-17-16-25-20-12-14-23(15-13-20)28-22-9-5-4-6-10-22/h4-15,19,25-26H,2-3,16-18H2,1H3. The molecule has 0 spiro atoms. The van der Waals surface area contributed by atoms with Crippen molar-refractivity contribution in [2.75, 3.05) is 30.3 Å². The van der Waals surface area contributed by atoms with E-state index < -0.39 is 0 Å². The van der Waals surface area contributed by atoms with Crippen molar-refractivity contribution in [2.24, 2.45) is 0 Å². The van der Waals surface area contributed by atoms with E-state index in [2.05, 4.69) is 23.6 Å². The van der Waals surface area contributed by atoms with Crippen molar-refractivity contribution < 1.29 is 9.47 Å². The van der Waals surface area contributed by atoms with Crippen LogP contribution in [0.15, 0.2) is 78.9 Å². The molecule has 146 valence electrons. The average Bonchev–Trinajstić information content (AvgIpc) is 2.74. The molecule has 3 aromatic carbocycles. The van der Waals surface area contributed by atoms with Gasteiger partial charge in [0.25, 0.3) is 0 Å².